The Morgan fingerprint density at radius 1 is 0.333 bits per heavy atom. The maximum atomic E-state index is 2.18. The Labute approximate surface area is 107 Å². The first kappa shape index (κ1) is 10.8. The fourth-order valence-corrected chi connectivity index (χ4v) is 2.22. The third-order valence-corrected chi connectivity index (χ3v) is 3.10. The quantitative estimate of drug-likeness (QED) is 0.503. The summed E-state index contributed by atoms with van der Waals surface area (Å²) in [5.74, 6) is 0. The van der Waals surface area contributed by atoms with Gasteiger partial charge in [0.1, 0.15) is 0 Å². The Morgan fingerprint density at radius 2 is 0.667 bits per heavy atom. The van der Waals surface area contributed by atoms with Gasteiger partial charge in [-0.1, -0.05) is 84.9 Å². The van der Waals surface area contributed by atoms with E-state index in [1.54, 1.807) is 0 Å². The zero-order chi connectivity index (χ0) is 12.2. The van der Waals surface area contributed by atoms with Crippen LogP contribution in [0.2, 0.25) is 0 Å². The zero-order valence-corrected chi connectivity index (χ0v) is 10.1. The number of benzene rings is 2. The highest BCUT2D eigenvalue weighted by Gasteiger charge is 1.94. The van der Waals surface area contributed by atoms with Crippen LogP contribution in [-0.2, 0) is 0 Å². The molecule has 0 amide bonds. The van der Waals surface area contributed by atoms with E-state index < -0.39 is 0 Å². The third kappa shape index (κ3) is 2.05. The van der Waals surface area contributed by atoms with Gasteiger partial charge in [-0.25, -0.2) is 0 Å². The normalized spacial score (nSPS) is 10.2. The molecule has 0 fully saturated rings. The third-order valence-electron chi connectivity index (χ3n) is 3.10. The minimum Gasteiger partial charge on any atom is -0.0622 e. The molecule has 18 heavy (non-hydrogen) atoms. The fourth-order valence-electron chi connectivity index (χ4n) is 2.22. The van der Waals surface area contributed by atoms with Gasteiger partial charge in [0.25, 0.3) is 0 Å². The molecule has 0 nitrogen and oxygen atoms in total. The Kier molecular flexibility index (Phi) is 2.93. The Morgan fingerprint density at radius 3 is 1.11 bits per heavy atom. The van der Waals surface area contributed by atoms with Crippen molar-refractivity contribution in [1.29, 1.82) is 0 Å². The zero-order valence-electron chi connectivity index (χ0n) is 10.1. The van der Waals surface area contributed by atoms with E-state index in [1.807, 2.05) is 0 Å². The van der Waals surface area contributed by atoms with Crippen LogP contribution in [0.1, 0.15) is 0 Å². The molecule has 0 aromatic heterocycles. The van der Waals surface area contributed by atoms with Crippen LogP contribution in [0.15, 0.2) is 84.9 Å². The second-order valence-corrected chi connectivity index (χ2v) is 4.28. The van der Waals surface area contributed by atoms with Gasteiger partial charge in [-0.15, -0.1) is 0 Å². The van der Waals surface area contributed by atoms with Crippen molar-refractivity contribution >= 4 is 21.5 Å². The first-order valence-electron chi connectivity index (χ1n) is 6.15. The predicted molar refractivity (Wildman–Crippen MR) is 79.1 cm³/mol. The molecular weight excluding hydrogens is 216 g/mol. The summed E-state index contributed by atoms with van der Waals surface area (Å²) in [7, 11) is 0. The van der Waals surface area contributed by atoms with E-state index in [0.717, 1.165) is 0 Å². The van der Waals surface area contributed by atoms with Crippen molar-refractivity contribution in [3.8, 4) is 0 Å². The molecule has 0 atom stereocenters. The van der Waals surface area contributed by atoms with Crippen molar-refractivity contribution in [2.75, 3.05) is 0 Å². The Balaban J connectivity index is 2.59. The van der Waals surface area contributed by atoms with Crippen molar-refractivity contribution in [3.63, 3.8) is 0 Å². The first-order chi connectivity index (χ1) is 8.95. The molecule has 0 unspecified atom stereocenters. The molecule has 3 aromatic rings. The summed E-state index contributed by atoms with van der Waals surface area (Å²) in [5, 5.41) is 5.07. The second kappa shape index (κ2) is 4.89. The molecule has 0 radical (unpaired) electrons. The maximum Gasteiger partial charge on any atom is -0.0105 e. The van der Waals surface area contributed by atoms with Crippen LogP contribution in [-0.4, -0.2) is 0 Å². The minimum atomic E-state index is 1.25. The van der Waals surface area contributed by atoms with Crippen molar-refractivity contribution in [2.24, 2.45) is 0 Å². The van der Waals surface area contributed by atoms with Crippen molar-refractivity contribution < 1.29 is 0 Å². The molecule has 0 N–H and O–H groups in total. The van der Waals surface area contributed by atoms with Gasteiger partial charge < -0.3 is 0 Å². The largest absolute Gasteiger partial charge is 0.0622 e. The average Bonchev–Trinajstić information content (AvgIpc) is 2.44. The lowest BCUT2D eigenvalue weighted by atomic mass is 10.1. The van der Waals surface area contributed by atoms with Crippen LogP contribution < -0.4 is 0 Å². The van der Waals surface area contributed by atoms with E-state index in [2.05, 4.69) is 84.9 Å². The van der Waals surface area contributed by atoms with Crippen LogP contribution in [0.4, 0.5) is 0 Å². The summed E-state index contributed by atoms with van der Waals surface area (Å²) in [6, 6.07) is 29.6. The van der Waals surface area contributed by atoms with Crippen LogP contribution in [0.5, 0.6) is 0 Å². The van der Waals surface area contributed by atoms with Gasteiger partial charge in [-0.2, -0.15) is 0 Å². The Hall–Kier alpha value is -2.34. The lowest BCUT2D eigenvalue weighted by Crippen LogP contribution is -1.72. The smallest absolute Gasteiger partial charge is 0.0105 e. The molecule has 0 aliphatic rings. The molecule has 0 aliphatic carbocycles. The Bertz CT molecular complexity index is 675. The minimum absolute atomic E-state index is 1.25. The highest BCUT2D eigenvalue weighted by Crippen LogP contribution is 2.21. The van der Waals surface area contributed by atoms with E-state index in [1.165, 1.54) is 21.5 Å². The lowest BCUT2D eigenvalue weighted by molar-refractivity contribution is 1.75. The number of fused-ring (bicyclic) bond motifs is 3. The molecule has 0 heterocycles. The standard InChI is InChI=1S/C18H14/c1-2-4-10-16-12-6-8-14-18(16)17-13-7-5-11-15(17)9-3-1/h1-14H. The van der Waals surface area contributed by atoms with E-state index in [9.17, 15) is 0 Å². The van der Waals surface area contributed by atoms with E-state index in [0.29, 0.717) is 0 Å². The van der Waals surface area contributed by atoms with E-state index in [4.69, 9.17) is 0 Å². The molecule has 86 valence electrons. The molecule has 0 spiro atoms. The highest BCUT2D eigenvalue weighted by atomic mass is 14.0. The molecule has 0 bridgehead atoms. The topological polar surface area (TPSA) is 0 Å². The highest BCUT2D eigenvalue weighted by molar-refractivity contribution is 6.04. The molecule has 0 saturated carbocycles. The molecular formula is C18H14. The van der Waals surface area contributed by atoms with Crippen LogP contribution >= 0.6 is 0 Å². The number of hydrogen-bond acceptors (Lipinski definition) is 0. The van der Waals surface area contributed by atoms with E-state index >= 15 is 0 Å². The fraction of sp³-hybridized carbons (Fsp3) is 0. The van der Waals surface area contributed by atoms with Gasteiger partial charge >= 0.3 is 0 Å². The molecule has 3 aromatic carbocycles. The first-order valence-corrected chi connectivity index (χ1v) is 6.15. The van der Waals surface area contributed by atoms with Crippen molar-refractivity contribution in [3.05, 3.63) is 84.9 Å². The number of rotatable bonds is 0. The summed E-state index contributed by atoms with van der Waals surface area (Å²) >= 11 is 0. The van der Waals surface area contributed by atoms with Crippen LogP contribution in [0.3, 0.4) is 0 Å². The van der Waals surface area contributed by atoms with E-state index in [-0.39, 0.29) is 0 Å². The van der Waals surface area contributed by atoms with Gasteiger partial charge in [-0.05, 0) is 21.5 Å². The van der Waals surface area contributed by atoms with Gasteiger partial charge in [-0.3, -0.25) is 0 Å². The molecule has 0 saturated heterocycles. The van der Waals surface area contributed by atoms with Crippen molar-refractivity contribution in [2.45, 2.75) is 0 Å². The van der Waals surface area contributed by atoms with Crippen molar-refractivity contribution in [1.82, 2.24) is 0 Å². The summed E-state index contributed by atoms with van der Waals surface area (Å²) in [6.45, 7) is 0. The lowest BCUT2D eigenvalue weighted by Gasteiger charge is -1.99. The summed E-state index contributed by atoms with van der Waals surface area (Å²) in [6.07, 6.45) is 0. The average molecular weight is 230 g/mol. The number of hydrogen-bond donors (Lipinski definition) is 0. The van der Waals surface area contributed by atoms with Crippen LogP contribution in [0, 0.1) is 0 Å². The molecule has 0 aliphatic heterocycles. The summed E-state index contributed by atoms with van der Waals surface area (Å²) < 4.78 is 0. The van der Waals surface area contributed by atoms with Gasteiger partial charge in [0.05, 0.1) is 0 Å². The SMILES string of the molecule is c1cccc2ccccc2c2ccccc2cc1. The summed E-state index contributed by atoms with van der Waals surface area (Å²) in [5.41, 5.74) is 0. The second-order valence-electron chi connectivity index (χ2n) is 4.28. The molecule has 0 heteroatoms. The maximum absolute atomic E-state index is 2.18. The van der Waals surface area contributed by atoms with Gasteiger partial charge in [0.2, 0.25) is 0 Å². The molecule has 3 rings (SSSR count). The van der Waals surface area contributed by atoms with Gasteiger partial charge in [0, 0.05) is 0 Å². The monoisotopic (exact) mass is 230 g/mol. The van der Waals surface area contributed by atoms with Crippen LogP contribution in [0.25, 0.3) is 21.5 Å². The summed E-state index contributed by atoms with van der Waals surface area (Å²) in [4.78, 5) is 0. The van der Waals surface area contributed by atoms with Gasteiger partial charge in [0.15, 0.2) is 0 Å². The predicted octanol–water partition coefficient (Wildman–Crippen LogP) is 5.12.